The molecule has 0 aliphatic heterocycles. The summed E-state index contributed by atoms with van der Waals surface area (Å²) < 4.78 is 43.3. The van der Waals surface area contributed by atoms with Crippen LogP contribution in [0.25, 0.3) is 0 Å². The fourth-order valence-electron chi connectivity index (χ4n) is 2.67. The average Bonchev–Trinajstić information content (AvgIpc) is 2.66. The van der Waals surface area contributed by atoms with Crippen LogP contribution >= 0.6 is 0 Å². The molecule has 0 saturated carbocycles. The van der Waals surface area contributed by atoms with Crippen LogP contribution in [0.1, 0.15) is 37.3 Å². The van der Waals surface area contributed by atoms with E-state index in [1.54, 1.807) is 38.1 Å². The standard InChI is InChI=1S/C21H23F3N2O3/c1-3-25-20(28)13-29-18-6-4-5-17(12-18)26-19(27)11-14(2)15-7-9-16(10-8-15)21(22,23)24/h4-10,12,14H,3,11,13H2,1-2H3,(H,25,28)(H,26,27). The Morgan fingerprint density at radius 3 is 2.38 bits per heavy atom. The lowest BCUT2D eigenvalue weighted by Gasteiger charge is -2.14. The number of halogens is 3. The van der Waals surface area contributed by atoms with E-state index >= 15 is 0 Å². The summed E-state index contributed by atoms with van der Waals surface area (Å²) in [5, 5.41) is 5.35. The summed E-state index contributed by atoms with van der Waals surface area (Å²) in [5.74, 6) is -0.343. The smallest absolute Gasteiger partial charge is 0.416 e. The van der Waals surface area contributed by atoms with E-state index in [9.17, 15) is 22.8 Å². The van der Waals surface area contributed by atoms with E-state index in [1.807, 2.05) is 0 Å². The van der Waals surface area contributed by atoms with Crippen LogP contribution in [0.2, 0.25) is 0 Å². The minimum Gasteiger partial charge on any atom is -0.484 e. The van der Waals surface area contributed by atoms with Crippen LogP contribution in [0.15, 0.2) is 48.5 Å². The van der Waals surface area contributed by atoms with Gasteiger partial charge in [0.15, 0.2) is 6.61 Å². The number of amides is 2. The van der Waals surface area contributed by atoms with Gasteiger partial charge in [0.05, 0.1) is 5.56 Å². The first-order chi connectivity index (χ1) is 13.7. The molecule has 2 rings (SSSR count). The van der Waals surface area contributed by atoms with Gasteiger partial charge in [-0.25, -0.2) is 0 Å². The Kier molecular flexibility index (Phi) is 7.64. The third-order valence-corrected chi connectivity index (χ3v) is 4.16. The van der Waals surface area contributed by atoms with Crippen molar-refractivity contribution in [3.63, 3.8) is 0 Å². The lowest BCUT2D eigenvalue weighted by Crippen LogP contribution is -2.28. The minimum absolute atomic E-state index is 0.107. The van der Waals surface area contributed by atoms with Crippen LogP contribution in [0.5, 0.6) is 5.75 Å². The van der Waals surface area contributed by atoms with E-state index in [-0.39, 0.29) is 30.8 Å². The summed E-state index contributed by atoms with van der Waals surface area (Å²) in [6.07, 6.45) is -4.28. The van der Waals surface area contributed by atoms with Gasteiger partial charge in [-0.05, 0) is 42.7 Å². The van der Waals surface area contributed by atoms with Gasteiger partial charge in [0.25, 0.3) is 5.91 Å². The van der Waals surface area contributed by atoms with Crippen molar-refractivity contribution in [3.05, 3.63) is 59.7 Å². The topological polar surface area (TPSA) is 67.4 Å². The van der Waals surface area contributed by atoms with Crippen molar-refractivity contribution in [2.75, 3.05) is 18.5 Å². The number of ether oxygens (including phenoxy) is 1. The molecule has 2 N–H and O–H groups in total. The predicted octanol–water partition coefficient (Wildman–Crippen LogP) is 4.35. The zero-order valence-corrected chi connectivity index (χ0v) is 16.2. The molecule has 0 fully saturated rings. The highest BCUT2D eigenvalue weighted by molar-refractivity contribution is 5.91. The first-order valence-electron chi connectivity index (χ1n) is 9.15. The van der Waals surface area contributed by atoms with Gasteiger partial charge in [0, 0.05) is 24.7 Å². The summed E-state index contributed by atoms with van der Waals surface area (Å²) in [6, 6.07) is 11.4. The number of benzene rings is 2. The fourth-order valence-corrected chi connectivity index (χ4v) is 2.67. The summed E-state index contributed by atoms with van der Waals surface area (Å²) >= 11 is 0. The van der Waals surface area contributed by atoms with Crippen LogP contribution < -0.4 is 15.4 Å². The van der Waals surface area contributed by atoms with Crippen molar-refractivity contribution in [2.24, 2.45) is 0 Å². The van der Waals surface area contributed by atoms with Crippen molar-refractivity contribution in [3.8, 4) is 5.75 Å². The molecule has 5 nitrogen and oxygen atoms in total. The molecule has 1 atom stereocenters. The SMILES string of the molecule is CCNC(=O)COc1cccc(NC(=O)CC(C)c2ccc(C(F)(F)F)cc2)c1. The van der Waals surface area contributed by atoms with Gasteiger partial charge < -0.3 is 15.4 Å². The molecule has 0 aliphatic rings. The lowest BCUT2D eigenvalue weighted by molar-refractivity contribution is -0.137. The number of rotatable bonds is 8. The summed E-state index contributed by atoms with van der Waals surface area (Å²) in [7, 11) is 0. The van der Waals surface area contributed by atoms with Crippen LogP contribution in [0.3, 0.4) is 0 Å². The quantitative estimate of drug-likeness (QED) is 0.682. The molecule has 0 radical (unpaired) electrons. The number of nitrogens with one attached hydrogen (secondary N) is 2. The van der Waals surface area contributed by atoms with Crippen molar-refractivity contribution in [1.29, 1.82) is 0 Å². The monoisotopic (exact) mass is 408 g/mol. The van der Waals surface area contributed by atoms with E-state index in [0.717, 1.165) is 12.1 Å². The maximum atomic E-state index is 12.6. The van der Waals surface area contributed by atoms with E-state index in [2.05, 4.69) is 10.6 Å². The molecule has 0 spiro atoms. The number of anilines is 1. The van der Waals surface area contributed by atoms with E-state index < -0.39 is 11.7 Å². The highest BCUT2D eigenvalue weighted by Crippen LogP contribution is 2.30. The Bertz CT molecular complexity index is 836. The van der Waals surface area contributed by atoms with Crippen LogP contribution in [0.4, 0.5) is 18.9 Å². The predicted molar refractivity (Wildman–Crippen MR) is 104 cm³/mol. The zero-order valence-electron chi connectivity index (χ0n) is 16.2. The number of carbonyl (C=O) groups excluding carboxylic acids is 2. The molecule has 0 aliphatic carbocycles. The normalized spacial score (nSPS) is 12.2. The Morgan fingerprint density at radius 2 is 1.76 bits per heavy atom. The second-order valence-electron chi connectivity index (χ2n) is 6.54. The van der Waals surface area contributed by atoms with Crippen LogP contribution in [-0.2, 0) is 15.8 Å². The molecule has 0 saturated heterocycles. The van der Waals surface area contributed by atoms with Gasteiger partial charge >= 0.3 is 6.18 Å². The Hall–Kier alpha value is -3.03. The highest BCUT2D eigenvalue weighted by Gasteiger charge is 2.30. The van der Waals surface area contributed by atoms with Crippen LogP contribution in [0, 0.1) is 0 Å². The molecule has 0 aromatic heterocycles. The lowest BCUT2D eigenvalue weighted by atomic mass is 9.96. The van der Waals surface area contributed by atoms with Crippen molar-refractivity contribution >= 4 is 17.5 Å². The van der Waals surface area contributed by atoms with Gasteiger partial charge in [-0.3, -0.25) is 9.59 Å². The van der Waals surface area contributed by atoms with Gasteiger partial charge in [-0.15, -0.1) is 0 Å². The molecule has 2 aromatic rings. The number of carbonyl (C=O) groups is 2. The molecule has 2 aromatic carbocycles. The molecule has 1 unspecified atom stereocenters. The third-order valence-electron chi connectivity index (χ3n) is 4.16. The molecule has 156 valence electrons. The molecule has 0 heterocycles. The van der Waals surface area contributed by atoms with Gasteiger partial charge in [0.1, 0.15) is 5.75 Å². The second-order valence-corrected chi connectivity index (χ2v) is 6.54. The second kappa shape index (κ2) is 9.95. The first-order valence-corrected chi connectivity index (χ1v) is 9.15. The van der Waals surface area contributed by atoms with E-state index in [0.29, 0.717) is 23.5 Å². The maximum Gasteiger partial charge on any atom is 0.416 e. The fraction of sp³-hybridized carbons (Fsp3) is 0.333. The van der Waals surface area contributed by atoms with Gasteiger partial charge in [-0.1, -0.05) is 25.1 Å². The maximum absolute atomic E-state index is 12.6. The Labute approximate surface area is 167 Å². The first kappa shape index (κ1) is 22.3. The Morgan fingerprint density at radius 1 is 1.07 bits per heavy atom. The van der Waals surface area contributed by atoms with Crippen molar-refractivity contribution in [2.45, 2.75) is 32.4 Å². The number of hydrogen-bond donors (Lipinski definition) is 2. The molecule has 29 heavy (non-hydrogen) atoms. The number of likely N-dealkylation sites (N-methyl/N-ethyl adjacent to an activating group) is 1. The average molecular weight is 408 g/mol. The summed E-state index contributed by atoms with van der Waals surface area (Å²) in [6.45, 7) is 3.96. The Balaban J connectivity index is 1.91. The number of alkyl halides is 3. The van der Waals surface area contributed by atoms with E-state index in [4.69, 9.17) is 4.74 Å². The molecule has 0 bridgehead atoms. The molecular weight excluding hydrogens is 385 g/mol. The van der Waals surface area contributed by atoms with Crippen molar-refractivity contribution in [1.82, 2.24) is 5.32 Å². The number of hydrogen-bond acceptors (Lipinski definition) is 3. The molecule has 2 amide bonds. The zero-order chi connectivity index (χ0) is 21.4. The highest BCUT2D eigenvalue weighted by atomic mass is 19.4. The van der Waals surface area contributed by atoms with E-state index in [1.165, 1.54) is 12.1 Å². The largest absolute Gasteiger partial charge is 0.484 e. The summed E-state index contributed by atoms with van der Waals surface area (Å²) in [5.41, 5.74) is 0.428. The minimum atomic E-state index is -4.39. The molecule has 8 heteroatoms. The van der Waals surface area contributed by atoms with Crippen molar-refractivity contribution < 1.29 is 27.5 Å². The van der Waals surface area contributed by atoms with Gasteiger partial charge in [0.2, 0.25) is 5.91 Å². The molecular formula is C21H23F3N2O3. The van der Waals surface area contributed by atoms with Gasteiger partial charge in [-0.2, -0.15) is 13.2 Å². The van der Waals surface area contributed by atoms with Crippen LogP contribution in [-0.4, -0.2) is 25.0 Å². The summed E-state index contributed by atoms with van der Waals surface area (Å²) in [4.78, 5) is 23.7. The third kappa shape index (κ3) is 7.14.